The minimum atomic E-state index is 0.125. The van der Waals surface area contributed by atoms with Crippen molar-refractivity contribution in [3.8, 4) is 5.75 Å². The zero-order chi connectivity index (χ0) is 15.7. The van der Waals surface area contributed by atoms with Gasteiger partial charge in [-0.25, -0.2) is 0 Å². The summed E-state index contributed by atoms with van der Waals surface area (Å²) in [6.45, 7) is 4.49. The van der Waals surface area contributed by atoms with E-state index in [1.165, 1.54) is 0 Å². The molecule has 3 heteroatoms. The van der Waals surface area contributed by atoms with Gasteiger partial charge in [-0.05, 0) is 60.8 Å². The second-order valence-electron chi connectivity index (χ2n) is 6.99. The van der Waals surface area contributed by atoms with E-state index in [0.29, 0.717) is 23.7 Å². The molecule has 1 aromatic carbocycles. The molecule has 2 aliphatic carbocycles. The van der Waals surface area contributed by atoms with Gasteiger partial charge in [0.1, 0.15) is 5.75 Å². The molecule has 0 radical (unpaired) electrons. The number of hydrogen-bond acceptors (Lipinski definition) is 2. The Labute approximate surface area is 132 Å². The molecule has 1 saturated carbocycles. The predicted molar refractivity (Wildman–Crippen MR) is 88.8 cm³/mol. The lowest BCUT2D eigenvalue weighted by molar-refractivity contribution is -0.122. The Bertz CT molecular complexity index is 561. The van der Waals surface area contributed by atoms with Crippen LogP contribution in [0, 0.1) is 29.6 Å². The second-order valence-corrected chi connectivity index (χ2v) is 6.99. The predicted octanol–water partition coefficient (Wildman–Crippen LogP) is 4.12. The van der Waals surface area contributed by atoms with E-state index in [9.17, 15) is 4.79 Å². The van der Waals surface area contributed by atoms with Crippen LogP contribution in [0.2, 0.25) is 0 Å². The minimum Gasteiger partial charge on any atom is -0.497 e. The summed E-state index contributed by atoms with van der Waals surface area (Å²) in [5.41, 5.74) is 0.848. The molecule has 2 aliphatic rings. The van der Waals surface area contributed by atoms with Gasteiger partial charge >= 0.3 is 0 Å². The highest BCUT2D eigenvalue weighted by Gasteiger charge is 2.47. The Hall–Kier alpha value is -1.77. The number of ether oxygens (including phenoxy) is 1. The summed E-state index contributed by atoms with van der Waals surface area (Å²) < 4.78 is 5.15. The highest BCUT2D eigenvalue weighted by molar-refractivity contribution is 5.93. The van der Waals surface area contributed by atoms with Gasteiger partial charge < -0.3 is 10.1 Å². The van der Waals surface area contributed by atoms with Crippen LogP contribution in [0.15, 0.2) is 36.4 Å². The molecule has 0 heterocycles. The number of nitrogens with one attached hydrogen (secondary N) is 1. The van der Waals surface area contributed by atoms with Crippen molar-refractivity contribution in [3.05, 3.63) is 36.4 Å². The van der Waals surface area contributed by atoms with E-state index in [1.807, 2.05) is 24.3 Å². The number of allylic oxidation sites excluding steroid dienone is 2. The lowest BCUT2D eigenvalue weighted by Crippen LogP contribution is -2.33. The number of benzene rings is 1. The van der Waals surface area contributed by atoms with Gasteiger partial charge in [0.05, 0.1) is 7.11 Å². The van der Waals surface area contributed by atoms with E-state index in [1.54, 1.807) is 7.11 Å². The van der Waals surface area contributed by atoms with Gasteiger partial charge in [0.15, 0.2) is 0 Å². The van der Waals surface area contributed by atoms with Crippen molar-refractivity contribution in [2.75, 3.05) is 12.4 Å². The van der Waals surface area contributed by atoms with Gasteiger partial charge in [0, 0.05) is 11.6 Å². The van der Waals surface area contributed by atoms with Crippen LogP contribution in [0.5, 0.6) is 5.75 Å². The number of anilines is 1. The van der Waals surface area contributed by atoms with Crippen LogP contribution in [0.4, 0.5) is 5.69 Å². The molecule has 1 aromatic rings. The average Bonchev–Trinajstić information content (AvgIpc) is 3.08. The summed E-state index contributed by atoms with van der Waals surface area (Å²) in [6, 6.07) is 7.55. The Morgan fingerprint density at radius 3 is 2.55 bits per heavy atom. The Morgan fingerprint density at radius 1 is 1.23 bits per heavy atom. The summed E-state index contributed by atoms with van der Waals surface area (Å²) in [5, 5.41) is 3.09. The highest BCUT2D eigenvalue weighted by Crippen LogP contribution is 2.50. The van der Waals surface area contributed by atoms with Crippen LogP contribution < -0.4 is 10.1 Å². The van der Waals surface area contributed by atoms with Crippen molar-refractivity contribution in [1.29, 1.82) is 0 Å². The van der Waals surface area contributed by atoms with Crippen molar-refractivity contribution in [1.82, 2.24) is 0 Å². The molecule has 0 aromatic heterocycles. The van der Waals surface area contributed by atoms with Crippen molar-refractivity contribution in [3.63, 3.8) is 0 Å². The molecule has 0 aliphatic heterocycles. The first-order valence-electron chi connectivity index (χ1n) is 8.21. The van der Waals surface area contributed by atoms with Crippen LogP contribution in [-0.4, -0.2) is 13.0 Å². The van der Waals surface area contributed by atoms with Gasteiger partial charge in [-0.1, -0.05) is 26.0 Å². The number of carbonyl (C=O) groups excluding carboxylic acids is 1. The molecule has 3 nitrogen and oxygen atoms in total. The zero-order valence-corrected chi connectivity index (χ0v) is 13.6. The SMILES string of the molecule is COc1ccc(NC(=O)C2C3C=CC(C3)C2CC(C)C)cc1. The van der Waals surface area contributed by atoms with Crippen molar-refractivity contribution in [2.24, 2.45) is 29.6 Å². The molecule has 1 N–H and O–H groups in total. The summed E-state index contributed by atoms with van der Waals surface area (Å²) in [6.07, 6.45) is 6.86. The third-order valence-corrected chi connectivity index (χ3v) is 5.03. The molecule has 2 bridgehead atoms. The van der Waals surface area contributed by atoms with Crippen molar-refractivity contribution >= 4 is 11.6 Å². The van der Waals surface area contributed by atoms with Gasteiger partial charge in [-0.2, -0.15) is 0 Å². The normalized spacial score (nSPS) is 29.1. The van der Waals surface area contributed by atoms with E-state index >= 15 is 0 Å². The van der Waals surface area contributed by atoms with Crippen LogP contribution in [-0.2, 0) is 4.79 Å². The number of amides is 1. The summed E-state index contributed by atoms with van der Waals surface area (Å²) in [5.74, 6) is 3.25. The lowest BCUT2D eigenvalue weighted by atomic mass is 9.78. The Balaban J connectivity index is 1.71. The summed E-state index contributed by atoms with van der Waals surface area (Å²) >= 11 is 0. The molecule has 0 saturated heterocycles. The maximum Gasteiger partial charge on any atom is 0.228 e. The van der Waals surface area contributed by atoms with Crippen molar-refractivity contribution < 1.29 is 9.53 Å². The maximum absolute atomic E-state index is 12.8. The smallest absolute Gasteiger partial charge is 0.228 e. The average molecular weight is 299 g/mol. The van der Waals surface area contributed by atoms with Gasteiger partial charge in [-0.3, -0.25) is 4.79 Å². The molecule has 1 fully saturated rings. The number of fused-ring (bicyclic) bond motifs is 2. The Kier molecular flexibility index (Phi) is 4.23. The molecule has 1 amide bonds. The third-order valence-electron chi connectivity index (χ3n) is 5.03. The third kappa shape index (κ3) is 2.90. The summed E-state index contributed by atoms with van der Waals surface area (Å²) in [7, 11) is 1.64. The Morgan fingerprint density at radius 2 is 1.91 bits per heavy atom. The molecular weight excluding hydrogens is 274 g/mol. The molecule has 0 spiro atoms. The zero-order valence-electron chi connectivity index (χ0n) is 13.6. The molecule has 4 atom stereocenters. The fourth-order valence-corrected chi connectivity index (χ4v) is 4.08. The number of rotatable bonds is 5. The number of hydrogen-bond donors (Lipinski definition) is 1. The van der Waals surface area contributed by atoms with E-state index in [-0.39, 0.29) is 11.8 Å². The van der Waals surface area contributed by atoms with Crippen LogP contribution in [0.1, 0.15) is 26.7 Å². The van der Waals surface area contributed by atoms with Crippen LogP contribution in [0.25, 0.3) is 0 Å². The van der Waals surface area contributed by atoms with E-state index in [0.717, 1.165) is 24.3 Å². The molecule has 4 unspecified atom stereocenters. The quantitative estimate of drug-likeness (QED) is 0.831. The van der Waals surface area contributed by atoms with E-state index < -0.39 is 0 Å². The van der Waals surface area contributed by atoms with Gasteiger partial charge in [0.25, 0.3) is 0 Å². The molecular formula is C19H25NO2. The largest absolute Gasteiger partial charge is 0.497 e. The fraction of sp³-hybridized carbons (Fsp3) is 0.526. The second kappa shape index (κ2) is 6.15. The highest BCUT2D eigenvalue weighted by atomic mass is 16.5. The molecule has 3 rings (SSSR count). The first-order valence-corrected chi connectivity index (χ1v) is 8.21. The van der Waals surface area contributed by atoms with E-state index in [4.69, 9.17) is 4.74 Å². The lowest BCUT2D eigenvalue weighted by Gasteiger charge is -2.28. The standard InChI is InChI=1S/C19H25NO2/c1-12(2)10-17-13-4-5-14(11-13)18(17)19(21)20-15-6-8-16(22-3)9-7-15/h4-9,12-14,17-18H,10-11H2,1-3H3,(H,20,21). The first-order chi connectivity index (χ1) is 10.6. The number of carbonyl (C=O) groups is 1. The van der Waals surface area contributed by atoms with Crippen molar-refractivity contribution in [2.45, 2.75) is 26.7 Å². The number of methoxy groups -OCH3 is 1. The molecule has 22 heavy (non-hydrogen) atoms. The monoisotopic (exact) mass is 299 g/mol. The van der Waals surface area contributed by atoms with E-state index in [2.05, 4.69) is 31.3 Å². The summed E-state index contributed by atoms with van der Waals surface area (Å²) in [4.78, 5) is 12.8. The van der Waals surface area contributed by atoms with Crippen LogP contribution in [0.3, 0.4) is 0 Å². The van der Waals surface area contributed by atoms with Crippen LogP contribution >= 0.6 is 0 Å². The van der Waals surface area contributed by atoms with Gasteiger partial charge in [0.2, 0.25) is 5.91 Å². The maximum atomic E-state index is 12.8. The minimum absolute atomic E-state index is 0.125. The molecule has 118 valence electrons. The first kappa shape index (κ1) is 15.1. The van der Waals surface area contributed by atoms with Gasteiger partial charge in [-0.15, -0.1) is 0 Å². The topological polar surface area (TPSA) is 38.3 Å². The fourth-order valence-electron chi connectivity index (χ4n) is 4.08.